The number of amides is 1. The Hall–Kier alpha value is -2.93. The first-order valence-corrected chi connectivity index (χ1v) is 7.84. The predicted octanol–water partition coefficient (Wildman–Crippen LogP) is 3.14. The molecular weight excluding hydrogens is 340 g/mol. The average molecular weight is 358 g/mol. The number of hydrogen-bond acceptors (Lipinski definition) is 4. The van der Waals surface area contributed by atoms with E-state index in [0.29, 0.717) is 22.6 Å². The number of methoxy groups -OCH3 is 1. The molecule has 0 fully saturated rings. The SMILES string of the molecule is COc1c(C)cccc1C(=O)NC(=S)Nc1ccc(C(=O)O)cc1C. The molecule has 7 heteroatoms. The van der Waals surface area contributed by atoms with Gasteiger partial charge in [0.2, 0.25) is 0 Å². The normalized spacial score (nSPS) is 10.0. The number of nitrogens with one attached hydrogen (secondary N) is 2. The molecule has 6 nitrogen and oxygen atoms in total. The van der Waals surface area contributed by atoms with Crippen LogP contribution in [0.5, 0.6) is 5.75 Å². The van der Waals surface area contributed by atoms with Gasteiger partial charge in [-0.2, -0.15) is 0 Å². The van der Waals surface area contributed by atoms with Crippen molar-refractivity contribution in [2.75, 3.05) is 12.4 Å². The lowest BCUT2D eigenvalue weighted by Gasteiger charge is -2.14. The summed E-state index contributed by atoms with van der Waals surface area (Å²) in [4.78, 5) is 23.4. The minimum atomic E-state index is -1.00. The number of anilines is 1. The van der Waals surface area contributed by atoms with Crippen molar-refractivity contribution in [3.8, 4) is 5.75 Å². The van der Waals surface area contributed by atoms with E-state index in [4.69, 9.17) is 22.1 Å². The Kier molecular flexibility index (Phi) is 5.71. The van der Waals surface area contributed by atoms with Crippen LogP contribution in [-0.2, 0) is 0 Å². The number of hydrogen-bond donors (Lipinski definition) is 3. The van der Waals surface area contributed by atoms with Crippen molar-refractivity contribution in [3.63, 3.8) is 0 Å². The Morgan fingerprint density at radius 1 is 1.12 bits per heavy atom. The van der Waals surface area contributed by atoms with Crippen molar-refractivity contribution in [3.05, 3.63) is 58.7 Å². The van der Waals surface area contributed by atoms with E-state index >= 15 is 0 Å². The Morgan fingerprint density at radius 2 is 1.84 bits per heavy atom. The van der Waals surface area contributed by atoms with E-state index in [0.717, 1.165) is 5.56 Å². The van der Waals surface area contributed by atoms with Gasteiger partial charge in [-0.05, 0) is 61.5 Å². The van der Waals surface area contributed by atoms with E-state index in [1.165, 1.54) is 19.2 Å². The molecule has 130 valence electrons. The standard InChI is InChI=1S/C18H18N2O4S/c1-10-5-4-6-13(15(10)24-3)16(21)20-18(25)19-14-8-7-12(17(22)23)9-11(14)2/h4-9H,1-3H3,(H,22,23)(H2,19,20,21,25). The molecule has 0 spiro atoms. The van der Waals surface area contributed by atoms with Gasteiger partial charge < -0.3 is 15.2 Å². The van der Waals surface area contributed by atoms with Crippen LogP contribution in [-0.4, -0.2) is 29.2 Å². The lowest BCUT2D eigenvalue weighted by molar-refractivity contribution is 0.0696. The van der Waals surface area contributed by atoms with E-state index in [9.17, 15) is 9.59 Å². The monoisotopic (exact) mass is 358 g/mol. The maximum Gasteiger partial charge on any atom is 0.335 e. The molecule has 1 amide bonds. The van der Waals surface area contributed by atoms with Crippen molar-refractivity contribution in [1.82, 2.24) is 5.32 Å². The second kappa shape index (κ2) is 7.76. The van der Waals surface area contributed by atoms with Gasteiger partial charge in [0.1, 0.15) is 5.75 Å². The number of aromatic carboxylic acids is 1. The van der Waals surface area contributed by atoms with E-state index in [1.54, 1.807) is 25.1 Å². The van der Waals surface area contributed by atoms with Crippen LogP contribution in [0.1, 0.15) is 31.8 Å². The van der Waals surface area contributed by atoms with Crippen LogP contribution < -0.4 is 15.4 Å². The molecule has 2 rings (SSSR count). The van der Waals surface area contributed by atoms with Gasteiger partial charge in [-0.1, -0.05) is 12.1 Å². The summed E-state index contributed by atoms with van der Waals surface area (Å²) in [5.74, 6) is -0.903. The largest absolute Gasteiger partial charge is 0.496 e. The molecule has 0 atom stereocenters. The highest BCUT2D eigenvalue weighted by molar-refractivity contribution is 7.80. The number of carboxylic acids is 1. The van der Waals surface area contributed by atoms with Gasteiger partial charge in [0.05, 0.1) is 18.2 Å². The second-order valence-corrected chi connectivity index (χ2v) is 5.81. The molecule has 0 heterocycles. The highest BCUT2D eigenvalue weighted by atomic mass is 32.1. The number of para-hydroxylation sites is 1. The Labute approximate surface area is 150 Å². The first-order chi connectivity index (χ1) is 11.8. The summed E-state index contributed by atoms with van der Waals surface area (Å²) >= 11 is 5.17. The molecule has 0 aliphatic carbocycles. The Bertz CT molecular complexity index is 849. The molecule has 0 bridgehead atoms. The number of carboxylic acid groups (broad SMARTS) is 1. The molecule has 0 unspecified atom stereocenters. The summed E-state index contributed by atoms with van der Waals surface area (Å²) in [5, 5.41) is 14.6. The third kappa shape index (κ3) is 4.33. The van der Waals surface area contributed by atoms with Crippen LogP contribution in [0.3, 0.4) is 0 Å². The third-order valence-corrected chi connectivity index (χ3v) is 3.81. The third-order valence-electron chi connectivity index (χ3n) is 3.61. The molecule has 2 aromatic carbocycles. The number of ether oxygens (including phenoxy) is 1. The average Bonchev–Trinajstić information content (AvgIpc) is 2.56. The molecule has 0 aromatic heterocycles. The molecule has 0 saturated heterocycles. The van der Waals surface area contributed by atoms with Gasteiger partial charge >= 0.3 is 5.97 Å². The molecular formula is C18H18N2O4S. The summed E-state index contributed by atoms with van der Waals surface area (Å²) < 4.78 is 5.27. The summed E-state index contributed by atoms with van der Waals surface area (Å²) in [6.45, 7) is 3.60. The van der Waals surface area contributed by atoms with E-state index in [2.05, 4.69) is 10.6 Å². The van der Waals surface area contributed by atoms with Crippen LogP contribution >= 0.6 is 12.2 Å². The molecule has 0 aliphatic rings. The number of thiocarbonyl (C=S) groups is 1. The van der Waals surface area contributed by atoms with Crippen LogP contribution in [0.2, 0.25) is 0 Å². The minimum absolute atomic E-state index is 0.111. The fourth-order valence-corrected chi connectivity index (χ4v) is 2.57. The second-order valence-electron chi connectivity index (χ2n) is 5.40. The highest BCUT2D eigenvalue weighted by Crippen LogP contribution is 2.23. The number of carbonyl (C=O) groups excluding carboxylic acids is 1. The van der Waals surface area contributed by atoms with Gasteiger partial charge in [0, 0.05) is 5.69 Å². The van der Waals surface area contributed by atoms with Gasteiger partial charge in [-0.3, -0.25) is 10.1 Å². The maximum atomic E-state index is 12.4. The number of carbonyl (C=O) groups is 2. The Balaban J connectivity index is 2.12. The summed E-state index contributed by atoms with van der Waals surface area (Å²) in [6.07, 6.45) is 0. The minimum Gasteiger partial charge on any atom is -0.496 e. The molecule has 0 aliphatic heterocycles. The van der Waals surface area contributed by atoms with Crippen LogP contribution in [0.4, 0.5) is 5.69 Å². The van der Waals surface area contributed by atoms with Crippen LogP contribution in [0.25, 0.3) is 0 Å². The van der Waals surface area contributed by atoms with Crippen LogP contribution in [0, 0.1) is 13.8 Å². The van der Waals surface area contributed by atoms with Crippen molar-refractivity contribution in [1.29, 1.82) is 0 Å². The smallest absolute Gasteiger partial charge is 0.335 e. The zero-order chi connectivity index (χ0) is 18.6. The summed E-state index contributed by atoms with van der Waals surface area (Å²) in [6, 6.07) is 9.85. The Morgan fingerprint density at radius 3 is 2.44 bits per heavy atom. The molecule has 0 saturated carbocycles. The van der Waals surface area contributed by atoms with Gasteiger partial charge in [0.25, 0.3) is 5.91 Å². The van der Waals surface area contributed by atoms with Crippen LogP contribution in [0.15, 0.2) is 36.4 Å². The van der Waals surface area contributed by atoms with Gasteiger partial charge in [-0.15, -0.1) is 0 Å². The number of benzene rings is 2. The number of aryl methyl sites for hydroxylation is 2. The van der Waals surface area contributed by atoms with E-state index < -0.39 is 11.9 Å². The molecule has 3 N–H and O–H groups in total. The topological polar surface area (TPSA) is 87.7 Å². The van der Waals surface area contributed by atoms with E-state index in [1.807, 2.05) is 13.0 Å². The van der Waals surface area contributed by atoms with Crippen molar-refractivity contribution >= 4 is 34.9 Å². The van der Waals surface area contributed by atoms with Crippen molar-refractivity contribution in [2.24, 2.45) is 0 Å². The fourth-order valence-electron chi connectivity index (χ4n) is 2.36. The highest BCUT2D eigenvalue weighted by Gasteiger charge is 2.15. The first kappa shape index (κ1) is 18.4. The van der Waals surface area contributed by atoms with Crippen molar-refractivity contribution in [2.45, 2.75) is 13.8 Å². The fraction of sp³-hybridized carbons (Fsp3) is 0.167. The van der Waals surface area contributed by atoms with Gasteiger partial charge in [-0.25, -0.2) is 4.79 Å². The lowest BCUT2D eigenvalue weighted by Crippen LogP contribution is -2.34. The molecule has 2 aromatic rings. The zero-order valence-electron chi connectivity index (χ0n) is 14.0. The predicted molar refractivity (Wildman–Crippen MR) is 99.6 cm³/mol. The molecule has 0 radical (unpaired) electrons. The van der Waals surface area contributed by atoms with Gasteiger partial charge in [0.15, 0.2) is 5.11 Å². The lowest BCUT2D eigenvalue weighted by atomic mass is 10.1. The quantitative estimate of drug-likeness (QED) is 0.728. The summed E-state index contributed by atoms with van der Waals surface area (Å²) in [7, 11) is 1.50. The first-order valence-electron chi connectivity index (χ1n) is 7.43. The van der Waals surface area contributed by atoms with E-state index in [-0.39, 0.29) is 10.7 Å². The summed E-state index contributed by atoms with van der Waals surface area (Å²) in [5.41, 5.74) is 2.72. The zero-order valence-corrected chi connectivity index (χ0v) is 14.9. The van der Waals surface area contributed by atoms with Crippen molar-refractivity contribution < 1.29 is 19.4 Å². The maximum absolute atomic E-state index is 12.4. The molecule has 25 heavy (non-hydrogen) atoms. The number of rotatable bonds is 4.